The molecule has 1 unspecified atom stereocenters. The predicted molar refractivity (Wildman–Crippen MR) is 76.9 cm³/mol. The van der Waals surface area contributed by atoms with Gasteiger partial charge in [-0.15, -0.1) is 0 Å². The second-order valence-corrected chi connectivity index (χ2v) is 5.37. The Bertz CT molecular complexity index is 685. The SMILES string of the molecule is CNC(c1ccc2c(c1)COC2)c1cc(F)c(C)cc1F. The number of halogens is 2. The smallest absolute Gasteiger partial charge is 0.128 e. The number of nitrogens with one attached hydrogen (secondary N) is 1. The fourth-order valence-corrected chi connectivity index (χ4v) is 2.76. The molecule has 0 aliphatic carbocycles. The molecular weight excluding hydrogens is 272 g/mol. The van der Waals surface area contributed by atoms with Crippen LogP contribution in [-0.4, -0.2) is 7.05 Å². The third kappa shape index (κ3) is 2.57. The number of hydrogen-bond acceptors (Lipinski definition) is 2. The molecule has 0 aromatic heterocycles. The van der Waals surface area contributed by atoms with Crippen LogP contribution in [0.15, 0.2) is 30.3 Å². The zero-order valence-corrected chi connectivity index (χ0v) is 12.0. The van der Waals surface area contributed by atoms with Crippen LogP contribution in [0.2, 0.25) is 0 Å². The molecule has 3 rings (SSSR count). The Labute approximate surface area is 122 Å². The highest BCUT2D eigenvalue weighted by Crippen LogP contribution is 2.29. The molecule has 2 nitrogen and oxygen atoms in total. The van der Waals surface area contributed by atoms with Crippen molar-refractivity contribution in [2.24, 2.45) is 0 Å². The average molecular weight is 289 g/mol. The number of rotatable bonds is 3. The molecule has 0 saturated carbocycles. The number of fused-ring (bicyclic) bond motifs is 1. The summed E-state index contributed by atoms with van der Waals surface area (Å²) in [6.45, 7) is 2.75. The summed E-state index contributed by atoms with van der Waals surface area (Å²) in [5.41, 5.74) is 3.81. The van der Waals surface area contributed by atoms with E-state index >= 15 is 0 Å². The topological polar surface area (TPSA) is 21.3 Å². The number of ether oxygens (including phenoxy) is 1. The lowest BCUT2D eigenvalue weighted by Crippen LogP contribution is -2.19. The van der Waals surface area contributed by atoms with Crippen molar-refractivity contribution in [2.45, 2.75) is 26.2 Å². The molecule has 4 heteroatoms. The highest BCUT2D eigenvalue weighted by Gasteiger charge is 2.20. The van der Waals surface area contributed by atoms with E-state index in [1.165, 1.54) is 12.1 Å². The number of aryl methyl sites for hydroxylation is 1. The lowest BCUT2D eigenvalue weighted by atomic mass is 9.94. The maximum atomic E-state index is 14.2. The van der Waals surface area contributed by atoms with Crippen molar-refractivity contribution < 1.29 is 13.5 Å². The summed E-state index contributed by atoms with van der Waals surface area (Å²) < 4.78 is 33.4. The molecule has 1 aliphatic heterocycles. The minimum Gasteiger partial charge on any atom is -0.372 e. The van der Waals surface area contributed by atoms with Gasteiger partial charge in [0.2, 0.25) is 0 Å². The first-order chi connectivity index (χ1) is 10.1. The number of hydrogen-bond donors (Lipinski definition) is 1. The van der Waals surface area contributed by atoms with Crippen LogP contribution in [0, 0.1) is 18.6 Å². The lowest BCUT2D eigenvalue weighted by Gasteiger charge is -2.19. The Morgan fingerprint density at radius 1 is 1.05 bits per heavy atom. The molecule has 0 spiro atoms. The second kappa shape index (κ2) is 5.54. The first-order valence-electron chi connectivity index (χ1n) is 6.92. The van der Waals surface area contributed by atoms with Crippen LogP contribution < -0.4 is 5.32 Å². The maximum Gasteiger partial charge on any atom is 0.128 e. The van der Waals surface area contributed by atoms with Gasteiger partial charge in [-0.3, -0.25) is 0 Å². The second-order valence-electron chi connectivity index (χ2n) is 5.37. The van der Waals surface area contributed by atoms with Crippen molar-refractivity contribution in [2.75, 3.05) is 7.05 Å². The van der Waals surface area contributed by atoms with Gasteiger partial charge < -0.3 is 10.1 Å². The summed E-state index contributed by atoms with van der Waals surface area (Å²) >= 11 is 0. The van der Waals surface area contributed by atoms with E-state index < -0.39 is 11.6 Å². The standard InChI is InChI=1S/C17H17F2NO/c1-10-5-16(19)14(7-15(10)18)17(20-2)11-3-4-12-8-21-9-13(12)6-11/h3-7,17,20H,8-9H2,1-2H3. The van der Waals surface area contributed by atoms with Crippen LogP contribution >= 0.6 is 0 Å². The first kappa shape index (κ1) is 14.2. The molecule has 2 aromatic rings. The fraction of sp³-hybridized carbons (Fsp3) is 0.294. The van der Waals surface area contributed by atoms with Gasteiger partial charge in [0.25, 0.3) is 0 Å². The molecule has 21 heavy (non-hydrogen) atoms. The van der Waals surface area contributed by atoms with Crippen LogP contribution in [0.25, 0.3) is 0 Å². The van der Waals surface area contributed by atoms with Crippen LogP contribution in [0.5, 0.6) is 0 Å². The van der Waals surface area contributed by atoms with E-state index in [-0.39, 0.29) is 6.04 Å². The summed E-state index contributed by atoms with van der Waals surface area (Å²) in [5.74, 6) is -0.791. The van der Waals surface area contributed by atoms with Crippen molar-refractivity contribution in [1.82, 2.24) is 5.32 Å². The predicted octanol–water partition coefficient (Wildman–Crippen LogP) is 3.61. The van der Waals surface area contributed by atoms with Crippen LogP contribution in [0.1, 0.15) is 33.9 Å². The molecule has 110 valence electrons. The van der Waals surface area contributed by atoms with E-state index in [4.69, 9.17) is 4.74 Å². The largest absolute Gasteiger partial charge is 0.372 e. The van der Waals surface area contributed by atoms with E-state index in [9.17, 15) is 8.78 Å². The monoisotopic (exact) mass is 289 g/mol. The number of benzene rings is 2. The third-order valence-electron chi connectivity index (χ3n) is 3.96. The molecule has 0 saturated heterocycles. The molecule has 0 bridgehead atoms. The van der Waals surface area contributed by atoms with Gasteiger partial charge in [0, 0.05) is 5.56 Å². The third-order valence-corrected chi connectivity index (χ3v) is 3.96. The Balaban J connectivity index is 2.04. The molecular formula is C17H17F2NO. The van der Waals surface area contributed by atoms with Crippen LogP contribution in [-0.2, 0) is 18.0 Å². The van der Waals surface area contributed by atoms with E-state index in [1.807, 2.05) is 18.2 Å². The van der Waals surface area contributed by atoms with E-state index in [0.29, 0.717) is 24.3 Å². The van der Waals surface area contributed by atoms with Crippen molar-refractivity contribution in [3.63, 3.8) is 0 Å². The van der Waals surface area contributed by atoms with Gasteiger partial charge in [-0.25, -0.2) is 8.78 Å². The molecule has 1 atom stereocenters. The minimum atomic E-state index is -0.398. The fourth-order valence-electron chi connectivity index (χ4n) is 2.76. The van der Waals surface area contributed by atoms with Gasteiger partial charge in [0.15, 0.2) is 0 Å². The molecule has 1 N–H and O–H groups in total. The molecule has 0 radical (unpaired) electrons. The highest BCUT2D eigenvalue weighted by atomic mass is 19.1. The van der Waals surface area contributed by atoms with Gasteiger partial charge in [-0.05, 0) is 48.4 Å². The van der Waals surface area contributed by atoms with Crippen molar-refractivity contribution in [1.29, 1.82) is 0 Å². The van der Waals surface area contributed by atoms with Crippen molar-refractivity contribution >= 4 is 0 Å². The summed E-state index contributed by atoms with van der Waals surface area (Å²) in [6, 6.07) is 8.06. The Morgan fingerprint density at radius 2 is 1.81 bits per heavy atom. The first-order valence-corrected chi connectivity index (χ1v) is 6.92. The maximum absolute atomic E-state index is 14.2. The summed E-state index contributed by atoms with van der Waals surface area (Å²) in [4.78, 5) is 0. The highest BCUT2D eigenvalue weighted by molar-refractivity contribution is 5.40. The normalized spacial score (nSPS) is 15.0. The lowest BCUT2D eigenvalue weighted by molar-refractivity contribution is 0.134. The van der Waals surface area contributed by atoms with E-state index in [0.717, 1.165) is 16.7 Å². The minimum absolute atomic E-state index is 0.313. The van der Waals surface area contributed by atoms with E-state index in [1.54, 1.807) is 14.0 Å². The van der Waals surface area contributed by atoms with Crippen molar-refractivity contribution in [3.05, 3.63) is 69.8 Å². The zero-order chi connectivity index (χ0) is 15.0. The quantitative estimate of drug-likeness (QED) is 0.932. The molecule has 1 heterocycles. The summed E-state index contributed by atoms with van der Waals surface area (Å²) in [7, 11) is 1.74. The summed E-state index contributed by atoms with van der Waals surface area (Å²) in [5, 5.41) is 3.07. The van der Waals surface area contributed by atoms with Gasteiger partial charge in [-0.2, -0.15) is 0 Å². The van der Waals surface area contributed by atoms with Gasteiger partial charge in [0.1, 0.15) is 11.6 Å². The van der Waals surface area contributed by atoms with E-state index in [2.05, 4.69) is 5.32 Å². The van der Waals surface area contributed by atoms with Crippen LogP contribution in [0.4, 0.5) is 8.78 Å². The Kier molecular flexibility index (Phi) is 3.74. The van der Waals surface area contributed by atoms with Gasteiger partial charge in [-0.1, -0.05) is 18.2 Å². The summed E-state index contributed by atoms with van der Waals surface area (Å²) in [6.07, 6.45) is 0. The molecule has 0 amide bonds. The zero-order valence-electron chi connectivity index (χ0n) is 12.0. The van der Waals surface area contributed by atoms with Crippen LogP contribution in [0.3, 0.4) is 0 Å². The van der Waals surface area contributed by atoms with Gasteiger partial charge >= 0.3 is 0 Å². The molecule has 0 fully saturated rings. The van der Waals surface area contributed by atoms with Gasteiger partial charge in [0.05, 0.1) is 19.3 Å². The van der Waals surface area contributed by atoms with Crippen molar-refractivity contribution in [3.8, 4) is 0 Å². The Hall–Kier alpha value is -1.78. The molecule has 1 aliphatic rings. The average Bonchev–Trinajstić information content (AvgIpc) is 2.92. The molecule has 2 aromatic carbocycles. The Morgan fingerprint density at radius 3 is 2.57 bits per heavy atom.